The number of amides is 1. The van der Waals surface area contributed by atoms with E-state index in [1.165, 1.54) is 12.1 Å². The number of hydrogen-bond donors (Lipinski definition) is 1. The van der Waals surface area contributed by atoms with Crippen LogP contribution in [0.3, 0.4) is 0 Å². The summed E-state index contributed by atoms with van der Waals surface area (Å²) < 4.78 is 27.4. The highest BCUT2D eigenvalue weighted by Gasteiger charge is 2.17. The van der Waals surface area contributed by atoms with Gasteiger partial charge in [-0.2, -0.15) is 0 Å². The summed E-state index contributed by atoms with van der Waals surface area (Å²) in [5, 5.41) is 0.156. The van der Waals surface area contributed by atoms with Crippen LogP contribution in [-0.4, -0.2) is 30.2 Å². The molecule has 0 saturated carbocycles. The summed E-state index contributed by atoms with van der Waals surface area (Å²) in [6.45, 7) is 5.38. The van der Waals surface area contributed by atoms with Crippen LogP contribution in [0.25, 0.3) is 0 Å². The molecule has 7 nitrogen and oxygen atoms in total. The molecular weight excluding hydrogens is 378 g/mol. The lowest BCUT2D eigenvalue weighted by Gasteiger charge is -2.10. The molecule has 0 saturated heterocycles. The molecule has 1 amide bonds. The van der Waals surface area contributed by atoms with Gasteiger partial charge in [-0.1, -0.05) is 37.1 Å². The van der Waals surface area contributed by atoms with Crippen molar-refractivity contribution in [3.05, 3.63) is 53.4 Å². The van der Waals surface area contributed by atoms with Crippen molar-refractivity contribution in [3.63, 3.8) is 0 Å². The van der Waals surface area contributed by atoms with Gasteiger partial charge in [0.25, 0.3) is 10.0 Å². The Morgan fingerprint density at radius 3 is 2.54 bits per heavy atom. The first-order valence-corrected chi connectivity index (χ1v) is 9.82. The lowest BCUT2D eigenvalue weighted by Crippen LogP contribution is -2.28. The molecule has 9 heteroatoms. The molecule has 0 fully saturated rings. The Bertz CT molecular complexity index is 905. The summed E-state index contributed by atoms with van der Waals surface area (Å²) in [4.78, 5) is 26.4. The first-order chi connectivity index (χ1) is 12.3. The Balaban J connectivity index is 2.29. The SMILES string of the molecule is [CH2]C(=O)NS(=O)(=O)c1ccc(Cn2c(CCCC)nc(Cl)c2C=O)cc1. The summed E-state index contributed by atoms with van der Waals surface area (Å²) in [7, 11) is -3.94. The third-order valence-electron chi connectivity index (χ3n) is 3.73. The molecule has 1 aromatic heterocycles. The number of carbonyl (C=O) groups excluding carboxylic acids is 2. The highest BCUT2D eigenvalue weighted by atomic mass is 35.5. The second-order valence-corrected chi connectivity index (χ2v) is 7.72. The van der Waals surface area contributed by atoms with Crippen LogP contribution in [0.4, 0.5) is 0 Å². The van der Waals surface area contributed by atoms with Crippen molar-refractivity contribution in [2.75, 3.05) is 0 Å². The van der Waals surface area contributed by atoms with E-state index in [-0.39, 0.29) is 10.0 Å². The highest BCUT2D eigenvalue weighted by molar-refractivity contribution is 7.90. The van der Waals surface area contributed by atoms with Crippen LogP contribution >= 0.6 is 11.6 Å². The molecule has 0 atom stereocenters. The molecule has 0 aliphatic rings. The number of rotatable bonds is 8. The number of sulfonamides is 1. The number of hydrogen-bond acceptors (Lipinski definition) is 5. The maximum atomic E-state index is 11.9. The van der Waals surface area contributed by atoms with E-state index in [0.717, 1.165) is 18.4 Å². The number of nitrogens with one attached hydrogen (secondary N) is 1. The number of halogens is 1. The quantitative estimate of drug-likeness (QED) is 0.691. The zero-order valence-electron chi connectivity index (χ0n) is 14.2. The Kier molecular flexibility index (Phi) is 6.55. The average molecular weight is 397 g/mol. The average Bonchev–Trinajstić information content (AvgIpc) is 2.87. The van der Waals surface area contributed by atoms with Crippen molar-refractivity contribution in [1.29, 1.82) is 0 Å². The molecule has 1 N–H and O–H groups in total. The minimum absolute atomic E-state index is 0.0521. The molecule has 0 aliphatic carbocycles. The first-order valence-electron chi connectivity index (χ1n) is 7.96. The van der Waals surface area contributed by atoms with Crippen LogP contribution in [0.15, 0.2) is 29.2 Å². The van der Waals surface area contributed by atoms with E-state index >= 15 is 0 Å². The molecule has 26 heavy (non-hydrogen) atoms. The summed E-state index contributed by atoms with van der Waals surface area (Å²) in [5.41, 5.74) is 1.05. The third-order valence-corrected chi connectivity index (χ3v) is 5.40. The zero-order chi connectivity index (χ0) is 19.3. The number of aryl methyl sites for hydroxylation is 1. The standard InChI is InChI=1S/C17H19ClN3O4S/c1-3-4-5-16-19-17(18)15(11-22)21(16)10-13-6-8-14(9-7-13)26(24,25)20-12(2)23/h6-9,11H,2-5,10H2,1H3,(H,20,23). The second-order valence-electron chi connectivity index (χ2n) is 5.68. The summed E-state index contributed by atoms with van der Waals surface area (Å²) in [5.74, 6) is -0.196. The lowest BCUT2D eigenvalue weighted by molar-refractivity contribution is -0.115. The summed E-state index contributed by atoms with van der Waals surface area (Å²) in [6.07, 6.45) is 3.23. The predicted octanol–water partition coefficient (Wildman–Crippen LogP) is 2.38. The van der Waals surface area contributed by atoms with Crippen molar-refractivity contribution in [2.45, 2.75) is 37.6 Å². The molecule has 1 heterocycles. The molecule has 0 bridgehead atoms. The maximum Gasteiger partial charge on any atom is 0.264 e. The van der Waals surface area contributed by atoms with Gasteiger partial charge in [-0.25, -0.2) is 18.1 Å². The molecule has 2 rings (SSSR count). The fourth-order valence-corrected chi connectivity index (χ4v) is 3.62. The largest absolute Gasteiger partial charge is 0.320 e. The number of imidazole rings is 1. The van der Waals surface area contributed by atoms with Gasteiger partial charge in [0.15, 0.2) is 11.4 Å². The lowest BCUT2D eigenvalue weighted by atomic mass is 10.2. The molecule has 0 spiro atoms. The number of unbranched alkanes of at least 4 members (excludes halogenated alkanes) is 1. The Morgan fingerprint density at radius 1 is 1.35 bits per heavy atom. The van der Waals surface area contributed by atoms with Crippen LogP contribution in [0.5, 0.6) is 0 Å². The van der Waals surface area contributed by atoms with Gasteiger partial charge in [-0.3, -0.25) is 9.59 Å². The van der Waals surface area contributed by atoms with Gasteiger partial charge in [0.05, 0.1) is 4.90 Å². The minimum Gasteiger partial charge on any atom is -0.320 e. The van der Waals surface area contributed by atoms with Gasteiger partial charge in [0.2, 0.25) is 5.91 Å². The Hall–Kier alpha value is -2.19. The van der Waals surface area contributed by atoms with Crippen molar-refractivity contribution in [3.8, 4) is 0 Å². The van der Waals surface area contributed by atoms with Gasteiger partial charge in [-0.15, -0.1) is 0 Å². The van der Waals surface area contributed by atoms with Gasteiger partial charge < -0.3 is 4.57 Å². The Labute approximate surface area is 157 Å². The van der Waals surface area contributed by atoms with E-state index in [9.17, 15) is 18.0 Å². The smallest absolute Gasteiger partial charge is 0.264 e. The first kappa shape index (κ1) is 20.1. The topological polar surface area (TPSA) is 98.1 Å². The van der Waals surface area contributed by atoms with Gasteiger partial charge in [-0.05, 0) is 24.1 Å². The summed E-state index contributed by atoms with van der Waals surface area (Å²) >= 11 is 6.04. The van der Waals surface area contributed by atoms with Crippen molar-refractivity contribution < 1.29 is 18.0 Å². The van der Waals surface area contributed by atoms with Crippen molar-refractivity contribution >= 4 is 33.8 Å². The van der Waals surface area contributed by atoms with E-state index in [4.69, 9.17) is 11.6 Å². The van der Waals surface area contributed by atoms with Crippen LogP contribution in [-0.2, 0) is 27.8 Å². The molecule has 2 aromatic rings. The number of aldehydes is 1. The molecule has 1 aromatic carbocycles. The fourth-order valence-electron chi connectivity index (χ4n) is 2.46. The molecule has 1 radical (unpaired) electrons. The van der Waals surface area contributed by atoms with Crippen LogP contribution < -0.4 is 4.72 Å². The Morgan fingerprint density at radius 2 is 2.00 bits per heavy atom. The van der Waals surface area contributed by atoms with E-state index < -0.39 is 15.9 Å². The minimum atomic E-state index is -3.94. The van der Waals surface area contributed by atoms with E-state index in [1.54, 1.807) is 21.4 Å². The number of nitrogens with zero attached hydrogens (tertiary/aromatic N) is 2. The maximum absolute atomic E-state index is 11.9. The van der Waals surface area contributed by atoms with Gasteiger partial charge in [0.1, 0.15) is 11.5 Å². The van der Waals surface area contributed by atoms with Crippen LogP contribution in [0.2, 0.25) is 5.15 Å². The normalized spacial score (nSPS) is 11.3. The van der Waals surface area contributed by atoms with Crippen molar-refractivity contribution in [1.82, 2.24) is 14.3 Å². The van der Waals surface area contributed by atoms with Crippen molar-refractivity contribution in [2.24, 2.45) is 0 Å². The van der Waals surface area contributed by atoms with Gasteiger partial charge in [0, 0.05) is 19.9 Å². The monoisotopic (exact) mass is 396 g/mol. The molecule has 0 unspecified atom stereocenters. The number of benzene rings is 1. The van der Waals surface area contributed by atoms with E-state index in [2.05, 4.69) is 18.8 Å². The highest BCUT2D eigenvalue weighted by Crippen LogP contribution is 2.20. The predicted molar refractivity (Wildman–Crippen MR) is 97.5 cm³/mol. The third kappa shape index (κ3) is 4.70. The zero-order valence-corrected chi connectivity index (χ0v) is 15.8. The fraction of sp³-hybridized carbons (Fsp3) is 0.294. The second kappa shape index (κ2) is 8.46. The van der Waals surface area contributed by atoms with Gasteiger partial charge >= 0.3 is 0 Å². The van der Waals surface area contributed by atoms with E-state index in [0.29, 0.717) is 30.8 Å². The molecule has 139 valence electrons. The molecular formula is C17H19ClN3O4S. The van der Waals surface area contributed by atoms with Crippen LogP contribution in [0, 0.1) is 6.92 Å². The van der Waals surface area contributed by atoms with E-state index in [1.807, 2.05) is 0 Å². The molecule has 0 aliphatic heterocycles. The number of carbonyl (C=O) groups is 2. The number of aromatic nitrogens is 2. The summed E-state index contributed by atoms with van der Waals surface area (Å²) in [6, 6.07) is 5.97. The van der Waals surface area contributed by atoms with Crippen LogP contribution in [0.1, 0.15) is 41.6 Å².